The minimum atomic E-state index is -0.396. The predicted molar refractivity (Wildman–Crippen MR) is 106 cm³/mol. The number of hydrogen-bond acceptors (Lipinski definition) is 5. The summed E-state index contributed by atoms with van der Waals surface area (Å²) in [6, 6.07) is 13.9. The number of carbonyl (C=O) groups is 1. The normalized spacial score (nSPS) is 20.3. The molecule has 0 saturated carbocycles. The van der Waals surface area contributed by atoms with Crippen LogP contribution in [-0.4, -0.2) is 48.8 Å². The van der Waals surface area contributed by atoms with E-state index in [1.807, 2.05) is 18.0 Å². The van der Waals surface area contributed by atoms with E-state index < -0.39 is 4.92 Å². The lowest BCUT2D eigenvalue weighted by Gasteiger charge is -2.40. The van der Waals surface area contributed by atoms with E-state index in [4.69, 9.17) is 0 Å². The van der Waals surface area contributed by atoms with E-state index in [0.29, 0.717) is 22.7 Å². The molecule has 0 unspecified atom stereocenters. The number of piperidine rings is 1. The van der Waals surface area contributed by atoms with Crippen LogP contribution >= 0.6 is 0 Å². The van der Waals surface area contributed by atoms with Gasteiger partial charge in [-0.2, -0.15) is 0 Å². The molecule has 1 fully saturated rings. The Morgan fingerprint density at radius 1 is 1.19 bits per heavy atom. The summed E-state index contributed by atoms with van der Waals surface area (Å²) in [5.41, 5.74) is 1.40. The molecule has 0 aliphatic carbocycles. The number of carbonyl (C=O) groups excluding carboxylic acids is 1. The molecule has 27 heavy (non-hydrogen) atoms. The van der Waals surface area contributed by atoms with E-state index in [9.17, 15) is 14.9 Å². The van der Waals surface area contributed by atoms with Gasteiger partial charge in [0, 0.05) is 36.8 Å². The highest BCUT2D eigenvalue weighted by atomic mass is 16.6. The first-order valence-corrected chi connectivity index (χ1v) is 9.18. The van der Waals surface area contributed by atoms with Crippen LogP contribution in [0.15, 0.2) is 48.5 Å². The molecule has 6 heteroatoms. The summed E-state index contributed by atoms with van der Waals surface area (Å²) in [7, 11) is 4.01. The monoisotopic (exact) mass is 367 g/mol. The Kier molecular flexibility index (Phi) is 5.56. The summed E-state index contributed by atoms with van der Waals surface area (Å²) >= 11 is 0. The summed E-state index contributed by atoms with van der Waals surface area (Å²) in [6.45, 7) is 4.11. The van der Waals surface area contributed by atoms with Crippen LogP contribution in [0.5, 0.6) is 0 Å². The van der Waals surface area contributed by atoms with Crippen molar-refractivity contribution >= 4 is 17.2 Å². The number of ketones is 1. The van der Waals surface area contributed by atoms with Crippen LogP contribution in [0.25, 0.3) is 0 Å². The second-order valence-electron chi connectivity index (χ2n) is 7.36. The highest BCUT2D eigenvalue weighted by molar-refractivity contribution is 6.09. The zero-order chi connectivity index (χ0) is 19.6. The maximum Gasteiger partial charge on any atom is 0.293 e. The van der Waals surface area contributed by atoms with Crippen LogP contribution in [0, 0.1) is 16.0 Å². The van der Waals surface area contributed by atoms with Crippen molar-refractivity contribution in [2.75, 3.05) is 32.1 Å². The number of likely N-dealkylation sites (tertiary alicyclic amines) is 1. The topological polar surface area (TPSA) is 66.7 Å². The predicted octanol–water partition coefficient (Wildman–Crippen LogP) is 3.60. The Balaban J connectivity index is 1.92. The fourth-order valence-corrected chi connectivity index (χ4v) is 3.96. The maximum absolute atomic E-state index is 12.7. The Hall–Kier alpha value is -2.73. The van der Waals surface area contributed by atoms with Crippen molar-refractivity contribution in [3.05, 3.63) is 69.8 Å². The zero-order valence-corrected chi connectivity index (χ0v) is 16.0. The first-order chi connectivity index (χ1) is 12.9. The van der Waals surface area contributed by atoms with E-state index in [0.717, 1.165) is 19.5 Å². The molecule has 0 spiro atoms. The molecule has 1 saturated heterocycles. The first kappa shape index (κ1) is 19.0. The summed E-state index contributed by atoms with van der Waals surface area (Å²) in [4.78, 5) is 28.3. The van der Waals surface area contributed by atoms with E-state index in [1.54, 1.807) is 36.4 Å². The van der Waals surface area contributed by atoms with Crippen LogP contribution in [-0.2, 0) is 0 Å². The third kappa shape index (κ3) is 4.01. The molecule has 1 aliphatic heterocycles. The van der Waals surface area contributed by atoms with Crippen molar-refractivity contribution in [1.29, 1.82) is 0 Å². The van der Waals surface area contributed by atoms with Crippen LogP contribution < -0.4 is 4.90 Å². The second kappa shape index (κ2) is 7.88. The number of benzene rings is 2. The lowest BCUT2D eigenvalue weighted by molar-refractivity contribution is -0.384. The Bertz CT molecular complexity index is 838. The van der Waals surface area contributed by atoms with Gasteiger partial charge in [0.05, 0.1) is 4.92 Å². The van der Waals surface area contributed by atoms with Gasteiger partial charge in [0.2, 0.25) is 0 Å². The van der Waals surface area contributed by atoms with Gasteiger partial charge in [-0.05, 0) is 38.1 Å². The van der Waals surface area contributed by atoms with Crippen molar-refractivity contribution in [3.8, 4) is 0 Å². The maximum atomic E-state index is 12.7. The largest absolute Gasteiger partial charge is 0.366 e. The number of nitro benzene ring substituents is 1. The number of anilines is 1. The van der Waals surface area contributed by atoms with Gasteiger partial charge >= 0.3 is 0 Å². The molecule has 0 bridgehead atoms. The molecule has 1 heterocycles. The van der Waals surface area contributed by atoms with E-state index >= 15 is 0 Å². The summed E-state index contributed by atoms with van der Waals surface area (Å²) in [5.74, 6) is 0.194. The third-order valence-electron chi connectivity index (χ3n) is 5.41. The van der Waals surface area contributed by atoms with Crippen molar-refractivity contribution in [3.63, 3.8) is 0 Å². The van der Waals surface area contributed by atoms with Crippen molar-refractivity contribution < 1.29 is 9.72 Å². The number of nitrogens with zero attached hydrogens (tertiary/aromatic N) is 3. The molecule has 3 rings (SSSR count). The van der Waals surface area contributed by atoms with Crippen molar-refractivity contribution in [2.45, 2.75) is 19.4 Å². The number of hydrogen-bond donors (Lipinski definition) is 0. The summed E-state index contributed by atoms with van der Waals surface area (Å²) < 4.78 is 0. The fraction of sp³-hybridized carbons (Fsp3) is 0.381. The molecule has 0 radical (unpaired) electrons. The van der Waals surface area contributed by atoms with Gasteiger partial charge in [-0.15, -0.1) is 0 Å². The third-order valence-corrected chi connectivity index (χ3v) is 5.41. The molecule has 6 nitrogen and oxygen atoms in total. The molecule has 0 amide bonds. The van der Waals surface area contributed by atoms with Crippen LogP contribution in [0.3, 0.4) is 0 Å². The molecular weight excluding hydrogens is 342 g/mol. The van der Waals surface area contributed by atoms with Gasteiger partial charge in [0.25, 0.3) is 5.69 Å². The lowest BCUT2D eigenvalue weighted by Crippen LogP contribution is -2.48. The minimum Gasteiger partial charge on any atom is -0.366 e. The van der Waals surface area contributed by atoms with E-state index in [1.165, 1.54) is 6.07 Å². The fourth-order valence-electron chi connectivity index (χ4n) is 3.96. The molecule has 0 aromatic heterocycles. The van der Waals surface area contributed by atoms with Gasteiger partial charge in [-0.3, -0.25) is 14.9 Å². The standard InChI is InChI=1S/C21H25N3O3/c1-15-14-22(2)12-11-18(15)23(3)19-10-9-17(13-20(19)24(26)27)21(25)16-7-5-4-6-8-16/h4-10,13,15,18H,11-12,14H2,1-3H3/t15-,18-/m0/s1. The summed E-state index contributed by atoms with van der Waals surface area (Å²) in [6.07, 6.45) is 0.954. The summed E-state index contributed by atoms with van der Waals surface area (Å²) in [5, 5.41) is 11.7. The molecule has 2 atom stereocenters. The SMILES string of the molecule is C[C@H]1CN(C)CC[C@@H]1N(C)c1ccc(C(=O)c2ccccc2)cc1[N+](=O)[O-]. The lowest BCUT2D eigenvalue weighted by atomic mass is 9.92. The number of nitro groups is 1. The van der Waals surface area contributed by atoms with E-state index in [-0.39, 0.29) is 17.5 Å². The molecule has 1 aliphatic rings. The second-order valence-corrected chi connectivity index (χ2v) is 7.36. The van der Waals surface area contributed by atoms with Crippen molar-refractivity contribution in [2.24, 2.45) is 5.92 Å². The van der Waals surface area contributed by atoms with Gasteiger partial charge in [0.15, 0.2) is 5.78 Å². The van der Waals surface area contributed by atoms with E-state index in [2.05, 4.69) is 18.9 Å². The Morgan fingerprint density at radius 2 is 1.89 bits per heavy atom. The van der Waals surface area contributed by atoms with Crippen LogP contribution in [0.4, 0.5) is 11.4 Å². The molecule has 142 valence electrons. The van der Waals surface area contributed by atoms with Gasteiger partial charge in [-0.1, -0.05) is 37.3 Å². The Labute approximate surface area is 159 Å². The zero-order valence-electron chi connectivity index (χ0n) is 16.0. The highest BCUT2D eigenvalue weighted by Gasteiger charge is 2.31. The molecular formula is C21H25N3O3. The Morgan fingerprint density at radius 3 is 2.52 bits per heavy atom. The van der Waals surface area contributed by atoms with Crippen LogP contribution in [0.2, 0.25) is 0 Å². The molecule has 0 N–H and O–H groups in total. The highest BCUT2D eigenvalue weighted by Crippen LogP contribution is 2.33. The van der Waals surface area contributed by atoms with Crippen LogP contribution in [0.1, 0.15) is 29.3 Å². The minimum absolute atomic E-state index is 0.0228. The quantitative estimate of drug-likeness (QED) is 0.459. The van der Waals surface area contributed by atoms with Gasteiger partial charge in [-0.25, -0.2) is 0 Å². The van der Waals surface area contributed by atoms with Gasteiger partial charge in [0.1, 0.15) is 5.69 Å². The average molecular weight is 367 g/mol. The average Bonchev–Trinajstić information content (AvgIpc) is 2.67. The first-order valence-electron chi connectivity index (χ1n) is 9.18. The van der Waals surface area contributed by atoms with Gasteiger partial charge < -0.3 is 9.80 Å². The smallest absolute Gasteiger partial charge is 0.293 e. The van der Waals surface area contributed by atoms with Crippen molar-refractivity contribution in [1.82, 2.24) is 4.90 Å². The molecule has 2 aromatic carbocycles. The number of rotatable bonds is 5. The molecule has 2 aromatic rings.